The van der Waals surface area contributed by atoms with E-state index in [9.17, 15) is 9.18 Å². The van der Waals surface area contributed by atoms with Gasteiger partial charge in [0.25, 0.3) is 5.91 Å². The topological polar surface area (TPSA) is 72.7 Å². The lowest BCUT2D eigenvalue weighted by molar-refractivity contribution is 0.0940. The highest BCUT2D eigenvalue weighted by Gasteiger charge is 2.15. The van der Waals surface area contributed by atoms with Crippen molar-refractivity contribution in [3.63, 3.8) is 0 Å². The highest BCUT2D eigenvalue weighted by Crippen LogP contribution is 2.25. The van der Waals surface area contributed by atoms with Crippen LogP contribution in [0.5, 0.6) is 0 Å². The van der Waals surface area contributed by atoms with Crippen LogP contribution in [0.25, 0.3) is 16.8 Å². The van der Waals surface area contributed by atoms with E-state index in [1.165, 1.54) is 23.1 Å². The van der Waals surface area contributed by atoms with E-state index >= 15 is 0 Å². The number of hydrogen-bond donors (Lipinski definition) is 1. The minimum atomic E-state index is -0.317. The molecule has 0 spiro atoms. The number of halogens is 1. The third-order valence-electron chi connectivity index (χ3n) is 4.29. The first-order valence-corrected chi connectivity index (χ1v) is 9.47. The molecule has 1 unspecified atom stereocenters. The Morgan fingerprint density at radius 1 is 1.14 bits per heavy atom. The predicted molar refractivity (Wildman–Crippen MR) is 105 cm³/mol. The fourth-order valence-corrected chi connectivity index (χ4v) is 3.59. The number of amides is 1. The molecule has 2 aromatic heterocycles. The Bertz CT molecular complexity index is 1080. The van der Waals surface area contributed by atoms with Gasteiger partial charge in [-0.05, 0) is 70.3 Å². The summed E-state index contributed by atoms with van der Waals surface area (Å²) in [5, 5.41) is 16.2. The maximum atomic E-state index is 13.3. The number of benzene rings is 2. The molecule has 6 nitrogen and oxygen atoms in total. The Balaban J connectivity index is 1.71. The molecule has 2 aromatic carbocycles. The molecule has 0 saturated carbocycles. The molecule has 1 amide bonds. The summed E-state index contributed by atoms with van der Waals surface area (Å²) >= 11 is 1.59. The van der Waals surface area contributed by atoms with Crippen LogP contribution in [0.1, 0.15) is 28.2 Å². The fraction of sp³-hybridized carbons (Fsp3) is 0.100. The van der Waals surface area contributed by atoms with Crippen LogP contribution in [0.3, 0.4) is 0 Å². The molecule has 0 bridgehead atoms. The average molecular weight is 393 g/mol. The van der Waals surface area contributed by atoms with Gasteiger partial charge in [-0.2, -0.15) is 0 Å². The Kier molecular flexibility index (Phi) is 4.94. The van der Waals surface area contributed by atoms with Crippen molar-refractivity contribution < 1.29 is 9.18 Å². The largest absolute Gasteiger partial charge is 0.345 e. The lowest BCUT2D eigenvalue weighted by Crippen LogP contribution is -2.26. The van der Waals surface area contributed by atoms with E-state index in [0.29, 0.717) is 11.3 Å². The van der Waals surface area contributed by atoms with Gasteiger partial charge in [0.2, 0.25) is 0 Å². The van der Waals surface area contributed by atoms with Crippen LogP contribution in [0, 0.1) is 5.82 Å². The molecule has 0 saturated heterocycles. The first-order valence-electron chi connectivity index (χ1n) is 8.59. The van der Waals surface area contributed by atoms with E-state index in [1.807, 2.05) is 30.5 Å². The zero-order valence-corrected chi connectivity index (χ0v) is 15.7. The van der Waals surface area contributed by atoms with E-state index in [4.69, 9.17) is 0 Å². The lowest BCUT2D eigenvalue weighted by atomic mass is 10.0. The molecule has 4 aromatic rings. The summed E-state index contributed by atoms with van der Waals surface area (Å²) in [6, 6.07) is 15.3. The Hall–Kier alpha value is -3.39. The Morgan fingerprint density at radius 2 is 1.96 bits per heavy atom. The molecule has 0 fully saturated rings. The molecule has 140 valence electrons. The van der Waals surface area contributed by atoms with Crippen LogP contribution < -0.4 is 5.32 Å². The number of nitrogens with one attached hydrogen (secondary N) is 1. The zero-order valence-electron chi connectivity index (χ0n) is 14.9. The van der Waals surface area contributed by atoms with Crippen molar-refractivity contribution >= 4 is 17.2 Å². The third-order valence-corrected chi connectivity index (χ3v) is 5.34. The summed E-state index contributed by atoms with van der Waals surface area (Å²) in [5.41, 5.74) is 2.66. The summed E-state index contributed by atoms with van der Waals surface area (Å²) in [6.07, 6.45) is 1.46. The van der Waals surface area contributed by atoms with Crippen molar-refractivity contribution in [1.29, 1.82) is 0 Å². The van der Waals surface area contributed by atoms with E-state index in [1.54, 1.807) is 35.6 Å². The van der Waals surface area contributed by atoms with Crippen molar-refractivity contribution in [1.82, 2.24) is 25.5 Å². The number of nitrogens with zero attached hydrogens (tertiary/aromatic N) is 4. The molecule has 28 heavy (non-hydrogen) atoms. The van der Waals surface area contributed by atoms with Gasteiger partial charge in [-0.1, -0.05) is 18.2 Å². The van der Waals surface area contributed by atoms with Crippen LogP contribution in [-0.2, 0) is 0 Å². The number of hydrogen-bond acceptors (Lipinski definition) is 5. The number of carbonyl (C=O) groups is 1. The monoisotopic (exact) mass is 393 g/mol. The van der Waals surface area contributed by atoms with E-state index < -0.39 is 0 Å². The normalized spacial score (nSPS) is 11.9. The smallest absolute Gasteiger partial charge is 0.251 e. The van der Waals surface area contributed by atoms with Crippen LogP contribution in [0.2, 0.25) is 0 Å². The van der Waals surface area contributed by atoms with Gasteiger partial charge in [0, 0.05) is 10.4 Å². The second kappa shape index (κ2) is 7.69. The quantitative estimate of drug-likeness (QED) is 0.556. The van der Waals surface area contributed by atoms with E-state index in [0.717, 1.165) is 16.0 Å². The maximum absolute atomic E-state index is 13.3. The maximum Gasteiger partial charge on any atom is 0.251 e. The molecule has 8 heteroatoms. The number of thiophene rings is 1. The summed E-state index contributed by atoms with van der Waals surface area (Å²) < 4.78 is 14.8. The first kappa shape index (κ1) is 18.0. The minimum absolute atomic E-state index is 0.113. The summed E-state index contributed by atoms with van der Waals surface area (Å²) in [7, 11) is 0. The minimum Gasteiger partial charge on any atom is -0.345 e. The van der Waals surface area contributed by atoms with Crippen LogP contribution >= 0.6 is 11.3 Å². The van der Waals surface area contributed by atoms with Gasteiger partial charge < -0.3 is 5.32 Å². The second-order valence-electron chi connectivity index (χ2n) is 6.24. The van der Waals surface area contributed by atoms with Crippen molar-refractivity contribution in [2.45, 2.75) is 13.0 Å². The van der Waals surface area contributed by atoms with Crippen molar-refractivity contribution in [3.05, 3.63) is 82.6 Å². The van der Waals surface area contributed by atoms with Gasteiger partial charge in [0.05, 0.1) is 11.7 Å². The molecule has 0 radical (unpaired) electrons. The zero-order chi connectivity index (χ0) is 19.5. The molecular formula is C20H16FN5OS. The van der Waals surface area contributed by atoms with Gasteiger partial charge in [-0.15, -0.1) is 16.4 Å². The average Bonchev–Trinajstić information content (AvgIpc) is 3.42. The standard InChI is InChI=1S/C20H16FN5OS/c1-13(19-3-2-8-28-19)23-20(27)16-9-15(14-4-6-17(21)7-5-14)10-18(11-16)26-12-22-24-25-26/h2-13H,1H3,(H,23,27). The molecular weight excluding hydrogens is 377 g/mol. The third kappa shape index (κ3) is 3.81. The number of aromatic nitrogens is 4. The molecule has 1 N–H and O–H groups in total. The predicted octanol–water partition coefficient (Wildman–Crippen LogP) is 4.02. The molecule has 0 aliphatic rings. The van der Waals surface area contributed by atoms with Crippen LogP contribution in [0.15, 0.2) is 66.3 Å². The van der Waals surface area contributed by atoms with E-state index in [2.05, 4.69) is 20.8 Å². The van der Waals surface area contributed by atoms with Crippen molar-refractivity contribution in [2.24, 2.45) is 0 Å². The fourth-order valence-electron chi connectivity index (χ4n) is 2.85. The molecule has 0 aliphatic heterocycles. The molecule has 4 rings (SSSR count). The lowest BCUT2D eigenvalue weighted by Gasteiger charge is -2.14. The first-order chi connectivity index (χ1) is 13.6. The van der Waals surface area contributed by atoms with E-state index in [-0.39, 0.29) is 17.8 Å². The summed E-state index contributed by atoms with van der Waals surface area (Å²) in [4.78, 5) is 14.0. The SMILES string of the molecule is CC(NC(=O)c1cc(-c2ccc(F)cc2)cc(-n2cnnn2)c1)c1cccs1. The molecule has 0 aliphatic carbocycles. The summed E-state index contributed by atoms with van der Waals surface area (Å²) in [5.74, 6) is -0.526. The van der Waals surface area contributed by atoms with Gasteiger partial charge in [-0.25, -0.2) is 9.07 Å². The van der Waals surface area contributed by atoms with Crippen LogP contribution in [0.4, 0.5) is 4.39 Å². The van der Waals surface area contributed by atoms with Gasteiger partial charge >= 0.3 is 0 Å². The summed E-state index contributed by atoms with van der Waals surface area (Å²) in [6.45, 7) is 1.94. The Labute approximate surface area is 164 Å². The van der Waals surface area contributed by atoms with Crippen molar-refractivity contribution in [3.8, 4) is 16.8 Å². The highest BCUT2D eigenvalue weighted by atomic mass is 32.1. The molecule has 1 atom stereocenters. The number of rotatable bonds is 5. The number of tetrazole rings is 1. The molecule has 2 heterocycles. The van der Waals surface area contributed by atoms with Crippen molar-refractivity contribution in [2.75, 3.05) is 0 Å². The van der Waals surface area contributed by atoms with Gasteiger partial charge in [0.1, 0.15) is 12.1 Å². The Morgan fingerprint density at radius 3 is 2.64 bits per heavy atom. The van der Waals surface area contributed by atoms with Crippen LogP contribution in [-0.4, -0.2) is 26.1 Å². The second-order valence-corrected chi connectivity index (χ2v) is 7.22. The number of carbonyl (C=O) groups excluding carboxylic acids is 1. The van der Waals surface area contributed by atoms with Gasteiger partial charge in [0.15, 0.2) is 0 Å². The highest BCUT2D eigenvalue weighted by molar-refractivity contribution is 7.10. The van der Waals surface area contributed by atoms with Gasteiger partial charge in [-0.3, -0.25) is 4.79 Å².